The minimum absolute atomic E-state index is 0.126. The molecule has 2 aromatic heterocycles. The third kappa shape index (κ3) is 3.49. The Balaban J connectivity index is 1.69. The number of hydrogen-bond acceptors (Lipinski definition) is 4. The fraction of sp³-hybridized carbons (Fsp3) is 0.300. The van der Waals surface area contributed by atoms with Crippen molar-refractivity contribution in [2.24, 2.45) is 0 Å². The van der Waals surface area contributed by atoms with Crippen LogP contribution >= 0.6 is 0 Å². The van der Waals surface area contributed by atoms with Gasteiger partial charge in [0.05, 0.1) is 19.9 Å². The van der Waals surface area contributed by atoms with Gasteiger partial charge in [-0.15, -0.1) is 0 Å². The molecule has 3 rings (SSSR count). The van der Waals surface area contributed by atoms with Crippen LogP contribution in [0.25, 0.3) is 5.65 Å². The molecule has 0 radical (unpaired) electrons. The lowest BCUT2D eigenvalue weighted by atomic mass is 10.1. The van der Waals surface area contributed by atoms with Crippen molar-refractivity contribution in [2.75, 3.05) is 20.8 Å². The molecule has 0 spiro atoms. The molecule has 0 aliphatic rings. The van der Waals surface area contributed by atoms with Gasteiger partial charge < -0.3 is 14.8 Å². The average Bonchev–Trinajstić information content (AvgIpc) is 2.96. The lowest BCUT2D eigenvalue weighted by Gasteiger charge is -2.10. The molecule has 1 amide bonds. The van der Waals surface area contributed by atoms with Gasteiger partial charge in [-0.3, -0.25) is 9.20 Å². The number of aromatic nitrogens is 2. The highest BCUT2D eigenvalue weighted by Crippen LogP contribution is 2.27. The van der Waals surface area contributed by atoms with Crippen molar-refractivity contribution < 1.29 is 14.3 Å². The molecule has 26 heavy (non-hydrogen) atoms. The molecule has 3 aromatic rings. The average molecular weight is 353 g/mol. The van der Waals surface area contributed by atoms with Crippen LogP contribution in [0.15, 0.2) is 36.5 Å². The van der Waals surface area contributed by atoms with Gasteiger partial charge in [-0.1, -0.05) is 6.07 Å². The molecular weight excluding hydrogens is 330 g/mol. The maximum absolute atomic E-state index is 12.6. The number of ether oxygens (including phenoxy) is 2. The number of methoxy groups -OCH3 is 2. The van der Waals surface area contributed by atoms with Crippen molar-refractivity contribution in [2.45, 2.75) is 20.3 Å². The standard InChI is InChI=1S/C20H23N3O3/c1-13-8-10-23-18(11-13)22-14(2)19(23)20(24)21-9-7-15-5-6-16(25-3)17(12-15)26-4/h5-6,8,10-12H,7,9H2,1-4H3,(H,21,24). The first-order chi connectivity index (χ1) is 12.5. The number of carbonyl (C=O) groups is 1. The Bertz CT molecular complexity index is 947. The molecule has 2 heterocycles. The Morgan fingerprint density at radius 3 is 2.62 bits per heavy atom. The van der Waals surface area contributed by atoms with Gasteiger partial charge >= 0.3 is 0 Å². The summed E-state index contributed by atoms with van der Waals surface area (Å²) in [4.78, 5) is 17.1. The molecule has 0 bridgehead atoms. The molecule has 1 N–H and O–H groups in total. The zero-order valence-electron chi connectivity index (χ0n) is 15.5. The highest BCUT2D eigenvalue weighted by Gasteiger charge is 2.16. The topological polar surface area (TPSA) is 64.9 Å². The molecule has 0 fully saturated rings. The Morgan fingerprint density at radius 2 is 1.88 bits per heavy atom. The van der Waals surface area contributed by atoms with Gasteiger partial charge in [0.25, 0.3) is 5.91 Å². The van der Waals surface area contributed by atoms with Gasteiger partial charge in [0.1, 0.15) is 11.3 Å². The fourth-order valence-corrected chi connectivity index (χ4v) is 2.98. The number of nitrogens with one attached hydrogen (secondary N) is 1. The predicted molar refractivity (Wildman–Crippen MR) is 100 cm³/mol. The first-order valence-corrected chi connectivity index (χ1v) is 8.48. The minimum Gasteiger partial charge on any atom is -0.493 e. The van der Waals surface area contributed by atoms with Crippen LogP contribution in [0, 0.1) is 13.8 Å². The van der Waals surface area contributed by atoms with Crippen molar-refractivity contribution in [3.05, 3.63) is 59.0 Å². The SMILES string of the molecule is COc1ccc(CCNC(=O)c2c(C)nc3cc(C)ccn23)cc1OC. The number of imidazole rings is 1. The van der Waals surface area contributed by atoms with Gasteiger partial charge in [0, 0.05) is 12.7 Å². The minimum atomic E-state index is -0.126. The van der Waals surface area contributed by atoms with E-state index in [1.807, 2.05) is 54.8 Å². The van der Waals surface area contributed by atoms with Gasteiger partial charge in [-0.25, -0.2) is 4.98 Å². The maximum atomic E-state index is 12.6. The third-order valence-corrected chi connectivity index (χ3v) is 4.32. The van der Waals surface area contributed by atoms with Gasteiger partial charge in [0.15, 0.2) is 11.5 Å². The van der Waals surface area contributed by atoms with Crippen molar-refractivity contribution in [1.29, 1.82) is 0 Å². The number of hydrogen-bond donors (Lipinski definition) is 1. The van der Waals surface area contributed by atoms with Crippen LogP contribution in [0.5, 0.6) is 11.5 Å². The largest absolute Gasteiger partial charge is 0.493 e. The molecule has 0 saturated carbocycles. The Kier molecular flexibility index (Phi) is 5.11. The molecule has 1 aromatic carbocycles. The van der Waals surface area contributed by atoms with Crippen molar-refractivity contribution in [3.8, 4) is 11.5 Å². The highest BCUT2D eigenvalue weighted by molar-refractivity contribution is 5.94. The van der Waals surface area contributed by atoms with Crippen LogP contribution in [-0.4, -0.2) is 36.1 Å². The number of fused-ring (bicyclic) bond motifs is 1. The Hall–Kier alpha value is -3.02. The molecule has 136 valence electrons. The Morgan fingerprint density at radius 1 is 1.12 bits per heavy atom. The van der Waals surface area contributed by atoms with E-state index in [-0.39, 0.29) is 5.91 Å². The molecule has 0 aliphatic carbocycles. The van der Waals surface area contributed by atoms with Crippen LogP contribution < -0.4 is 14.8 Å². The van der Waals surface area contributed by atoms with Crippen LogP contribution in [0.1, 0.15) is 27.3 Å². The smallest absolute Gasteiger partial charge is 0.270 e. The van der Waals surface area contributed by atoms with Crippen LogP contribution in [0.4, 0.5) is 0 Å². The summed E-state index contributed by atoms with van der Waals surface area (Å²) in [6.45, 7) is 4.38. The number of pyridine rings is 1. The molecule has 0 saturated heterocycles. The zero-order valence-corrected chi connectivity index (χ0v) is 15.5. The lowest BCUT2D eigenvalue weighted by Crippen LogP contribution is -2.27. The Labute approximate surface area is 152 Å². The fourth-order valence-electron chi connectivity index (χ4n) is 2.98. The van der Waals surface area contributed by atoms with Gasteiger partial charge in [-0.05, 0) is 55.7 Å². The predicted octanol–water partition coefficient (Wildman–Crippen LogP) is 2.94. The highest BCUT2D eigenvalue weighted by atomic mass is 16.5. The van der Waals surface area contributed by atoms with E-state index in [9.17, 15) is 4.79 Å². The second kappa shape index (κ2) is 7.47. The van der Waals surface area contributed by atoms with Crippen LogP contribution in [-0.2, 0) is 6.42 Å². The summed E-state index contributed by atoms with van der Waals surface area (Å²) in [5.74, 6) is 1.25. The number of rotatable bonds is 6. The van der Waals surface area contributed by atoms with E-state index < -0.39 is 0 Å². The van der Waals surface area contributed by atoms with Crippen molar-refractivity contribution in [1.82, 2.24) is 14.7 Å². The summed E-state index contributed by atoms with van der Waals surface area (Å²) in [7, 11) is 3.22. The maximum Gasteiger partial charge on any atom is 0.270 e. The molecule has 0 aliphatic heterocycles. The number of carbonyl (C=O) groups excluding carboxylic acids is 1. The van der Waals surface area contributed by atoms with Gasteiger partial charge in [-0.2, -0.15) is 0 Å². The third-order valence-electron chi connectivity index (χ3n) is 4.32. The molecular formula is C20H23N3O3. The number of aryl methyl sites for hydroxylation is 2. The molecule has 6 nitrogen and oxygen atoms in total. The second-order valence-electron chi connectivity index (χ2n) is 6.17. The van der Waals surface area contributed by atoms with E-state index in [1.54, 1.807) is 14.2 Å². The van der Waals surface area contributed by atoms with E-state index in [0.717, 1.165) is 22.5 Å². The van der Waals surface area contributed by atoms with E-state index in [1.165, 1.54) is 0 Å². The molecule has 6 heteroatoms. The van der Waals surface area contributed by atoms with E-state index >= 15 is 0 Å². The summed E-state index contributed by atoms with van der Waals surface area (Å²) < 4.78 is 12.4. The van der Waals surface area contributed by atoms with Crippen LogP contribution in [0.2, 0.25) is 0 Å². The van der Waals surface area contributed by atoms with Crippen molar-refractivity contribution >= 4 is 11.6 Å². The monoisotopic (exact) mass is 353 g/mol. The van der Waals surface area contributed by atoms with Crippen LogP contribution in [0.3, 0.4) is 0 Å². The molecule has 0 atom stereocenters. The second-order valence-corrected chi connectivity index (χ2v) is 6.17. The van der Waals surface area contributed by atoms with E-state index in [4.69, 9.17) is 9.47 Å². The van der Waals surface area contributed by atoms with E-state index in [2.05, 4.69) is 10.3 Å². The summed E-state index contributed by atoms with van der Waals surface area (Å²) in [6, 6.07) is 9.69. The van der Waals surface area contributed by atoms with E-state index in [0.29, 0.717) is 30.2 Å². The quantitative estimate of drug-likeness (QED) is 0.740. The normalized spacial score (nSPS) is 10.8. The first-order valence-electron chi connectivity index (χ1n) is 8.48. The first kappa shape index (κ1) is 17.8. The number of amides is 1. The lowest BCUT2D eigenvalue weighted by molar-refractivity contribution is 0.0947. The zero-order chi connectivity index (χ0) is 18.7. The van der Waals surface area contributed by atoms with Gasteiger partial charge in [0.2, 0.25) is 0 Å². The van der Waals surface area contributed by atoms with Crippen molar-refractivity contribution in [3.63, 3.8) is 0 Å². The summed E-state index contributed by atoms with van der Waals surface area (Å²) in [6.07, 6.45) is 2.58. The molecule has 0 unspecified atom stereocenters. The summed E-state index contributed by atoms with van der Waals surface area (Å²) >= 11 is 0. The number of nitrogens with zero attached hydrogens (tertiary/aromatic N) is 2. The number of benzene rings is 1. The summed E-state index contributed by atoms with van der Waals surface area (Å²) in [5, 5.41) is 2.98. The summed E-state index contributed by atoms with van der Waals surface area (Å²) in [5.41, 5.74) is 4.26.